The van der Waals surface area contributed by atoms with Crippen LogP contribution in [0.4, 0.5) is 11.6 Å². The number of nitrogens with zero attached hydrogens (tertiary/aromatic N) is 4. The number of anilines is 2. The highest BCUT2D eigenvalue weighted by Gasteiger charge is 2.49. The van der Waals surface area contributed by atoms with Crippen LogP contribution in [-0.4, -0.2) is 48.2 Å². The standard InChI is InChI=1S/C36H35N5O5/c1-22-13-14-37-18-30(22)32-15-25-16-33(40-35(42)28-17-29(28)36(43)46-4)38-19-31(25)34(39-32)41(20-23-5-9-26(44-2)10-6-23)21-24-7-11-27(45-3)12-8-24/h5-16,18-19,28-29H,17,20-21H2,1-4H3,(H,38,40,42). The van der Waals surface area contributed by atoms with Gasteiger partial charge in [-0.2, -0.15) is 0 Å². The van der Waals surface area contributed by atoms with Crippen LogP contribution in [0.25, 0.3) is 22.0 Å². The summed E-state index contributed by atoms with van der Waals surface area (Å²) in [4.78, 5) is 41.3. The molecule has 0 bridgehead atoms. The SMILES string of the molecule is COC(=O)C1CC1C(=O)Nc1cc2cc(-c3cnccc3C)nc(N(Cc3ccc(OC)cc3)Cc3ccc(OC)cc3)c2cn1. The number of carbonyl (C=O) groups is 2. The molecule has 10 heteroatoms. The number of nitrogens with one attached hydrogen (secondary N) is 1. The number of methoxy groups -OCH3 is 3. The summed E-state index contributed by atoms with van der Waals surface area (Å²) in [5, 5.41) is 4.57. The molecule has 3 aromatic heterocycles. The van der Waals surface area contributed by atoms with Gasteiger partial charge >= 0.3 is 5.97 Å². The molecule has 1 fully saturated rings. The lowest BCUT2D eigenvalue weighted by Crippen LogP contribution is -2.24. The summed E-state index contributed by atoms with van der Waals surface area (Å²) in [6.07, 6.45) is 5.79. The van der Waals surface area contributed by atoms with E-state index in [4.69, 9.17) is 19.2 Å². The first-order valence-corrected chi connectivity index (χ1v) is 15.0. The topological polar surface area (TPSA) is 116 Å². The predicted octanol–water partition coefficient (Wildman–Crippen LogP) is 5.97. The largest absolute Gasteiger partial charge is 0.497 e. The van der Waals surface area contributed by atoms with Gasteiger partial charge < -0.3 is 24.4 Å². The Balaban J connectivity index is 1.43. The van der Waals surface area contributed by atoms with Gasteiger partial charge in [0, 0.05) is 42.6 Å². The number of hydrogen-bond donors (Lipinski definition) is 1. The van der Waals surface area contributed by atoms with E-state index < -0.39 is 11.8 Å². The molecule has 0 saturated heterocycles. The van der Waals surface area contributed by atoms with Crippen molar-refractivity contribution in [2.45, 2.75) is 26.4 Å². The van der Waals surface area contributed by atoms with Gasteiger partial charge in [-0.15, -0.1) is 0 Å². The molecular formula is C36H35N5O5. The Hall–Kier alpha value is -5.51. The fraction of sp³-hybridized carbons (Fsp3) is 0.250. The van der Waals surface area contributed by atoms with Gasteiger partial charge in [0.05, 0.1) is 38.9 Å². The zero-order chi connectivity index (χ0) is 32.2. The minimum atomic E-state index is -0.420. The molecule has 1 amide bonds. The quantitative estimate of drug-likeness (QED) is 0.179. The molecule has 46 heavy (non-hydrogen) atoms. The summed E-state index contributed by atoms with van der Waals surface area (Å²) < 4.78 is 15.6. The molecule has 5 aromatic rings. The predicted molar refractivity (Wildman–Crippen MR) is 176 cm³/mol. The number of aryl methyl sites for hydroxylation is 1. The van der Waals surface area contributed by atoms with Crippen LogP contribution < -0.4 is 19.7 Å². The fourth-order valence-corrected chi connectivity index (χ4v) is 5.53. The van der Waals surface area contributed by atoms with Crippen molar-refractivity contribution in [3.05, 3.63) is 102 Å². The van der Waals surface area contributed by atoms with Gasteiger partial charge in [-0.1, -0.05) is 24.3 Å². The lowest BCUT2D eigenvalue weighted by molar-refractivity contribution is -0.143. The smallest absolute Gasteiger partial charge is 0.309 e. The lowest BCUT2D eigenvalue weighted by atomic mass is 10.0. The van der Waals surface area contributed by atoms with E-state index >= 15 is 0 Å². The van der Waals surface area contributed by atoms with E-state index in [-0.39, 0.29) is 11.9 Å². The van der Waals surface area contributed by atoms with Crippen LogP contribution in [0.2, 0.25) is 0 Å². The second-order valence-corrected chi connectivity index (χ2v) is 11.3. The minimum Gasteiger partial charge on any atom is -0.497 e. The van der Waals surface area contributed by atoms with E-state index in [1.54, 1.807) is 26.6 Å². The van der Waals surface area contributed by atoms with Crippen LogP contribution in [0, 0.1) is 18.8 Å². The number of carbonyl (C=O) groups excluding carboxylic acids is 2. The number of benzene rings is 2. The third kappa shape index (κ3) is 6.61. The van der Waals surface area contributed by atoms with E-state index in [1.165, 1.54) is 7.11 Å². The summed E-state index contributed by atoms with van der Waals surface area (Å²) in [5.41, 5.74) is 4.84. The van der Waals surface area contributed by atoms with Crippen LogP contribution in [-0.2, 0) is 27.4 Å². The molecule has 1 aliphatic carbocycles. The minimum absolute atomic E-state index is 0.250. The van der Waals surface area contributed by atoms with Gasteiger partial charge in [-0.05, 0) is 77.9 Å². The number of hydrogen-bond acceptors (Lipinski definition) is 9. The van der Waals surface area contributed by atoms with Crippen LogP contribution >= 0.6 is 0 Å². The van der Waals surface area contributed by atoms with Crippen LogP contribution in [0.3, 0.4) is 0 Å². The third-order valence-corrected chi connectivity index (χ3v) is 8.26. The Bertz CT molecular complexity index is 1830. The molecule has 6 rings (SSSR count). The third-order valence-electron chi connectivity index (χ3n) is 8.26. The van der Waals surface area contributed by atoms with Crippen LogP contribution in [0.1, 0.15) is 23.1 Å². The Labute approximate surface area is 267 Å². The summed E-state index contributed by atoms with van der Waals surface area (Å²) in [6.45, 7) is 3.14. The first-order chi connectivity index (χ1) is 22.4. The molecule has 0 radical (unpaired) electrons. The first kappa shape index (κ1) is 30.5. The van der Waals surface area contributed by atoms with Crippen molar-refractivity contribution in [2.24, 2.45) is 11.8 Å². The summed E-state index contributed by atoms with van der Waals surface area (Å²) in [6, 6.07) is 21.8. The Kier molecular flexibility index (Phi) is 8.78. The maximum Gasteiger partial charge on any atom is 0.309 e. The molecule has 3 heterocycles. The highest BCUT2D eigenvalue weighted by molar-refractivity contribution is 6.01. The van der Waals surface area contributed by atoms with Crippen molar-refractivity contribution < 1.29 is 23.8 Å². The van der Waals surface area contributed by atoms with Gasteiger partial charge in [0.2, 0.25) is 5.91 Å². The number of amides is 1. The average Bonchev–Trinajstić information content (AvgIpc) is 3.89. The maximum absolute atomic E-state index is 12.9. The molecule has 2 aromatic carbocycles. The fourth-order valence-electron chi connectivity index (χ4n) is 5.53. The first-order valence-electron chi connectivity index (χ1n) is 15.0. The molecule has 0 aliphatic heterocycles. The number of ether oxygens (including phenoxy) is 3. The van der Waals surface area contributed by atoms with E-state index in [0.717, 1.165) is 56.0 Å². The van der Waals surface area contributed by atoms with Crippen LogP contribution in [0.5, 0.6) is 11.5 Å². The Morgan fingerprint density at radius 2 is 1.52 bits per heavy atom. The Morgan fingerprint density at radius 1 is 0.870 bits per heavy atom. The molecule has 2 atom stereocenters. The highest BCUT2D eigenvalue weighted by atomic mass is 16.5. The maximum atomic E-state index is 12.9. The van der Waals surface area contributed by atoms with Crippen LogP contribution in [0.15, 0.2) is 85.3 Å². The molecule has 10 nitrogen and oxygen atoms in total. The number of rotatable bonds is 11. The van der Waals surface area contributed by atoms with Crippen molar-refractivity contribution in [2.75, 3.05) is 31.5 Å². The van der Waals surface area contributed by atoms with Gasteiger partial charge in [0.15, 0.2) is 0 Å². The molecule has 234 valence electrons. The molecule has 1 saturated carbocycles. The zero-order valence-corrected chi connectivity index (χ0v) is 26.2. The summed E-state index contributed by atoms with van der Waals surface area (Å²) in [5.74, 6) is 1.25. The number of esters is 1. The second kappa shape index (κ2) is 13.2. The number of aromatic nitrogens is 3. The van der Waals surface area contributed by atoms with E-state index in [9.17, 15) is 9.59 Å². The van der Waals surface area contributed by atoms with Crippen molar-refractivity contribution in [1.29, 1.82) is 0 Å². The molecule has 1 N–H and O–H groups in total. The average molecular weight is 618 g/mol. The number of pyridine rings is 3. The molecular weight excluding hydrogens is 582 g/mol. The van der Waals surface area contributed by atoms with Gasteiger partial charge in [-0.25, -0.2) is 9.97 Å². The summed E-state index contributed by atoms with van der Waals surface area (Å²) in [7, 11) is 4.64. The van der Waals surface area contributed by atoms with Crippen molar-refractivity contribution >= 4 is 34.3 Å². The normalized spacial score (nSPS) is 15.2. The Morgan fingerprint density at radius 3 is 2.11 bits per heavy atom. The number of fused-ring (bicyclic) bond motifs is 1. The highest BCUT2D eigenvalue weighted by Crippen LogP contribution is 2.40. The zero-order valence-electron chi connectivity index (χ0n) is 26.2. The molecule has 1 aliphatic rings. The molecule has 2 unspecified atom stereocenters. The van der Waals surface area contributed by atoms with Gasteiger partial charge in [-0.3, -0.25) is 14.6 Å². The van der Waals surface area contributed by atoms with E-state index in [2.05, 4.69) is 20.2 Å². The monoisotopic (exact) mass is 617 g/mol. The van der Waals surface area contributed by atoms with E-state index in [1.807, 2.05) is 79.9 Å². The summed E-state index contributed by atoms with van der Waals surface area (Å²) >= 11 is 0. The second-order valence-electron chi connectivity index (χ2n) is 11.3. The van der Waals surface area contributed by atoms with Gasteiger partial charge in [0.25, 0.3) is 0 Å². The lowest BCUT2D eigenvalue weighted by Gasteiger charge is -2.26. The van der Waals surface area contributed by atoms with Crippen molar-refractivity contribution in [3.63, 3.8) is 0 Å². The van der Waals surface area contributed by atoms with Crippen molar-refractivity contribution in [1.82, 2.24) is 15.0 Å². The van der Waals surface area contributed by atoms with E-state index in [0.29, 0.717) is 25.3 Å². The van der Waals surface area contributed by atoms with Crippen molar-refractivity contribution in [3.8, 4) is 22.8 Å². The molecule has 0 spiro atoms. The van der Waals surface area contributed by atoms with Gasteiger partial charge in [0.1, 0.15) is 23.1 Å².